The fraction of sp³-hybridized carbons (Fsp3) is 0.0526. The SMILES string of the molecule is O=C1/C(=C\C=C\c2ccccc2)SC(=S)N1CNc1ccccc1. The van der Waals surface area contributed by atoms with Crippen LogP contribution in [0.4, 0.5) is 5.69 Å². The van der Waals surface area contributed by atoms with E-state index in [2.05, 4.69) is 5.32 Å². The summed E-state index contributed by atoms with van der Waals surface area (Å²) in [6.45, 7) is 0.369. The maximum Gasteiger partial charge on any atom is 0.267 e. The van der Waals surface area contributed by atoms with Gasteiger partial charge in [0.15, 0.2) is 0 Å². The van der Waals surface area contributed by atoms with Gasteiger partial charge in [0, 0.05) is 5.69 Å². The Morgan fingerprint density at radius 3 is 2.42 bits per heavy atom. The van der Waals surface area contributed by atoms with Crippen molar-refractivity contribution >= 4 is 46.0 Å². The van der Waals surface area contributed by atoms with Crippen molar-refractivity contribution in [3.8, 4) is 0 Å². The highest BCUT2D eigenvalue weighted by atomic mass is 32.2. The molecule has 120 valence electrons. The third-order valence-corrected chi connectivity index (χ3v) is 4.82. The summed E-state index contributed by atoms with van der Waals surface area (Å²) in [5, 5.41) is 3.21. The summed E-state index contributed by atoms with van der Waals surface area (Å²) in [5.41, 5.74) is 2.05. The van der Waals surface area contributed by atoms with Crippen LogP contribution in [0.15, 0.2) is 77.7 Å². The van der Waals surface area contributed by atoms with E-state index in [0.717, 1.165) is 11.3 Å². The predicted octanol–water partition coefficient (Wildman–Crippen LogP) is 4.51. The van der Waals surface area contributed by atoms with Gasteiger partial charge < -0.3 is 5.32 Å². The smallest absolute Gasteiger partial charge is 0.267 e. The summed E-state index contributed by atoms with van der Waals surface area (Å²) >= 11 is 6.65. The Morgan fingerprint density at radius 2 is 1.71 bits per heavy atom. The molecule has 1 aliphatic rings. The van der Waals surface area contributed by atoms with Gasteiger partial charge >= 0.3 is 0 Å². The lowest BCUT2D eigenvalue weighted by atomic mass is 10.2. The maximum absolute atomic E-state index is 12.5. The van der Waals surface area contributed by atoms with Crippen molar-refractivity contribution in [3.05, 3.63) is 83.3 Å². The summed E-state index contributed by atoms with van der Waals surface area (Å²) in [4.78, 5) is 14.7. The lowest BCUT2D eigenvalue weighted by Gasteiger charge is -2.16. The predicted molar refractivity (Wildman–Crippen MR) is 106 cm³/mol. The summed E-state index contributed by atoms with van der Waals surface area (Å²) in [7, 11) is 0. The van der Waals surface area contributed by atoms with Crippen LogP contribution in [0.3, 0.4) is 0 Å². The van der Waals surface area contributed by atoms with Crippen molar-refractivity contribution in [2.24, 2.45) is 0 Å². The van der Waals surface area contributed by atoms with E-state index < -0.39 is 0 Å². The summed E-state index contributed by atoms with van der Waals surface area (Å²) in [6, 6.07) is 19.7. The second-order valence-electron chi connectivity index (χ2n) is 5.10. The highest BCUT2D eigenvalue weighted by Crippen LogP contribution is 2.30. The van der Waals surface area contributed by atoms with E-state index >= 15 is 0 Å². The molecule has 0 radical (unpaired) electrons. The third kappa shape index (κ3) is 4.13. The van der Waals surface area contributed by atoms with Gasteiger partial charge in [0.05, 0.1) is 11.6 Å². The second kappa shape index (κ2) is 7.95. The normalized spacial score (nSPS) is 16.3. The molecule has 1 saturated heterocycles. The second-order valence-corrected chi connectivity index (χ2v) is 6.78. The van der Waals surface area contributed by atoms with E-state index in [1.54, 1.807) is 4.90 Å². The molecule has 2 aromatic rings. The number of rotatable bonds is 5. The van der Waals surface area contributed by atoms with Gasteiger partial charge in [-0.05, 0) is 23.8 Å². The zero-order valence-corrected chi connectivity index (χ0v) is 14.5. The minimum absolute atomic E-state index is 0.0638. The molecular formula is C19H16N2OS2. The molecular weight excluding hydrogens is 336 g/mol. The van der Waals surface area contributed by atoms with E-state index in [1.807, 2.05) is 78.9 Å². The topological polar surface area (TPSA) is 32.3 Å². The fourth-order valence-electron chi connectivity index (χ4n) is 2.19. The Labute approximate surface area is 151 Å². The summed E-state index contributed by atoms with van der Waals surface area (Å²) < 4.78 is 0.572. The molecule has 3 nitrogen and oxygen atoms in total. The molecule has 0 unspecified atom stereocenters. The minimum Gasteiger partial charge on any atom is -0.367 e. The summed E-state index contributed by atoms with van der Waals surface area (Å²) in [5.74, 6) is -0.0638. The van der Waals surface area contributed by atoms with Crippen molar-refractivity contribution in [1.29, 1.82) is 0 Å². The number of nitrogens with zero attached hydrogens (tertiary/aromatic N) is 1. The molecule has 0 aromatic heterocycles. The van der Waals surface area contributed by atoms with Crippen molar-refractivity contribution in [2.75, 3.05) is 12.0 Å². The molecule has 1 N–H and O–H groups in total. The van der Waals surface area contributed by atoms with Crippen LogP contribution in [0.2, 0.25) is 0 Å². The standard InChI is InChI=1S/C19H16N2OS2/c22-18-17(13-7-10-15-8-3-1-4-9-15)24-19(23)21(18)14-20-16-11-5-2-6-12-16/h1-13,20H,14H2/b10-7+,17-13+. The molecule has 5 heteroatoms. The van der Waals surface area contributed by atoms with Crippen molar-refractivity contribution in [2.45, 2.75) is 0 Å². The van der Waals surface area contributed by atoms with E-state index in [9.17, 15) is 4.79 Å². The Morgan fingerprint density at radius 1 is 1.04 bits per heavy atom. The number of para-hydroxylation sites is 1. The van der Waals surface area contributed by atoms with Gasteiger partial charge in [-0.2, -0.15) is 0 Å². The molecule has 2 aromatic carbocycles. The van der Waals surface area contributed by atoms with Crippen LogP contribution < -0.4 is 5.32 Å². The molecule has 0 saturated carbocycles. The Balaban J connectivity index is 1.63. The monoisotopic (exact) mass is 352 g/mol. The van der Waals surface area contributed by atoms with E-state index in [4.69, 9.17) is 12.2 Å². The number of hydrogen-bond acceptors (Lipinski definition) is 4. The van der Waals surface area contributed by atoms with Gasteiger partial charge in [-0.3, -0.25) is 9.69 Å². The highest BCUT2D eigenvalue weighted by molar-refractivity contribution is 8.26. The number of amides is 1. The van der Waals surface area contributed by atoms with Crippen LogP contribution in [-0.2, 0) is 4.79 Å². The third-order valence-electron chi connectivity index (χ3n) is 3.42. The van der Waals surface area contributed by atoms with Crippen LogP contribution in [0.25, 0.3) is 6.08 Å². The molecule has 1 fully saturated rings. The van der Waals surface area contributed by atoms with Gasteiger partial charge in [0.25, 0.3) is 5.91 Å². The van der Waals surface area contributed by atoms with Crippen LogP contribution in [0.5, 0.6) is 0 Å². The van der Waals surface area contributed by atoms with E-state index in [-0.39, 0.29) is 5.91 Å². The zero-order valence-electron chi connectivity index (χ0n) is 12.9. The van der Waals surface area contributed by atoms with Crippen molar-refractivity contribution < 1.29 is 4.79 Å². The van der Waals surface area contributed by atoms with Gasteiger partial charge in [0.1, 0.15) is 4.32 Å². The van der Waals surface area contributed by atoms with Gasteiger partial charge in [-0.25, -0.2) is 0 Å². The van der Waals surface area contributed by atoms with Gasteiger partial charge in [0.2, 0.25) is 0 Å². The van der Waals surface area contributed by atoms with Crippen molar-refractivity contribution in [3.63, 3.8) is 0 Å². The Bertz CT molecular complexity index is 786. The van der Waals surface area contributed by atoms with E-state index in [0.29, 0.717) is 15.9 Å². The number of benzene rings is 2. The number of anilines is 1. The van der Waals surface area contributed by atoms with E-state index in [1.165, 1.54) is 11.8 Å². The lowest BCUT2D eigenvalue weighted by molar-refractivity contribution is -0.121. The Kier molecular flexibility index (Phi) is 5.46. The first kappa shape index (κ1) is 16.5. The first-order valence-corrected chi connectivity index (χ1v) is 8.72. The number of carbonyl (C=O) groups is 1. The molecule has 1 amide bonds. The molecule has 0 aliphatic carbocycles. The van der Waals surface area contributed by atoms with Crippen LogP contribution in [0.1, 0.15) is 5.56 Å². The Hall–Kier alpha value is -2.37. The number of nitrogens with one attached hydrogen (secondary N) is 1. The number of carbonyl (C=O) groups excluding carboxylic acids is 1. The molecule has 24 heavy (non-hydrogen) atoms. The molecule has 1 heterocycles. The minimum atomic E-state index is -0.0638. The van der Waals surface area contributed by atoms with Crippen LogP contribution >= 0.6 is 24.0 Å². The molecule has 1 aliphatic heterocycles. The van der Waals surface area contributed by atoms with Gasteiger partial charge in [-0.1, -0.05) is 84.7 Å². The van der Waals surface area contributed by atoms with Gasteiger partial charge in [-0.15, -0.1) is 0 Å². The van der Waals surface area contributed by atoms with Crippen LogP contribution in [0, 0.1) is 0 Å². The highest BCUT2D eigenvalue weighted by Gasteiger charge is 2.31. The first-order valence-electron chi connectivity index (χ1n) is 7.50. The average Bonchev–Trinajstić information content (AvgIpc) is 2.89. The molecule has 3 rings (SSSR count). The number of allylic oxidation sites excluding steroid dienone is 2. The average molecular weight is 352 g/mol. The number of hydrogen-bond donors (Lipinski definition) is 1. The van der Waals surface area contributed by atoms with Crippen LogP contribution in [-0.4, -0.2) is 21.8 Å². The quantitative estimate of drug-likeness (QED) is 0.634. The largest absolute Gasteiger partial charge is 0.367 e. The molecule has 0 atom stereocenters. The number of thiocarbonyl (C=S) groups is 1. The molecule has 0 spiro atoms. The lowest BCUT2D eigenvalue weighted by Crippen LogP contribution is -2.33. The summed E-state index contributed by atoms with van der Waals surface area (Å²) in [6.07, 6.45) is 5.66. The van der Waals surface area contributed by atoms with Crippen molar-refractivity contribution in [1.82, 2.24) is 4.90 Å². The zero-order chi connectivity index (χ0) is 16.8. The first-order chi connectivity index (χ1) is 11.7. The fourth-order valence-corrected chi connectivity index (χ4v) is 3.39. The molecule has 0 bridgehead atoms. The maximum atomic E-state index is 12.5. The number of thioether (sulfide) groups is 1.